The average Bonchev–Trinajstić information content (AvgIpc) is 2.94. The first-order chi connectivity index (χ1) is 9.65. The summed E-state index contributed by atoms with van der Waals surface area (Å²) in [5, 5.41) is 3.29. The summed E-state index contributed by atoms with van der Waals surface area (Å²) in [6, 6.07) is 5.87. The van der Waals surface area contributed by atoms with Crippen molar-refractivity contribution in [3.63, 3.8) is 0 Å². The minimum Gasteiger partial charge on any atom is -0.384 e. The van der Waals surface area contributed by atoms with Crippen LogP contribution in [0, 0.1) is 0 Å². The molecule has 2 amide bonds. The number of hydrogen-bond acceptors (Lipinski definition) is 3. The molecule has 0 radical (unpaired) electrons. The van der Waals surface area contributed by atoms with Crippen molar-refractivity contribution < 1.29 is 9.59 Å². The molecule has 0 unspecified atom stereocenters. The Morgan fingerprint density at radius 2 is 1.76 bits per heavy atom. The van der Waals surface area contributed by atoms with Gasteiger partial charge in [0, 0.05) is 50.9 Å². The zero-order valence-electron chi connectivity index (χ0n) is 12.1. The van der Waals surface area contributed by atoms with Gasteiger partial charge in [0.15, 0.2) is 0 Å². The zero-order chi connectivity index (χ0) is 14.1. The monoisotopic (exact) mass is 309 g/mol. The van der Waals surface area contributed by atoms with Crippen molar-refractivity contribution >= 4 is 29.9 Å². The summed E-state index contributed by atoms with van der Waals surface area (Å²) in [7, 11) is 0. The molecular formula is C15H20ClN3O2. The molecule has 0 aliphatic carbocycles. The topological polar surface area (TPSA) is 52.7 Å². The van der Waals surface area contributed by atoms with Crippen molar-refractivity contribution in [1.29, 1.82) is 0 Å². The predicted octanol–water partition coefficient (Wildman–Crippen LogP) is 1.38. The fraction of sp³-hybridized carbons (Fsp3) is 0.467. The Balaban J connectivity index is 0.00000161. The standard InChI is InChI=1S/C15H19N3O2.ClH/c1-11(19)17-6-8-18(9-7-17)15(20)13-2-3-14-12(10-13)4-5-16-14;/h2-3,10,16H,4-9H2,1H3;1H. The number of fused-ring (bicyclic) bond motifs is 1. The molecule has 0 aromatic heterocycles. The van der Waals surface area contributed by atoms with Crippen LogP contribution in [-0.4, -0.2) is 54.3 Å². The third-order valence-electron chi connectivity index (χ3n) is 4.07. The first-order valence-corrected chi connectivity index (χ1v) is 7.07. The molecule has 0 atom stereocenters. The lowest BCUT2D eigenvalue weighted by Crippen LogP contribution is -2.50. The van der Waals surface area contributed by atoms with Crippen molar-refractivity contribution in [3.8, 4) is 0 Å². The number of nitrogens with one attached hydrogen (secondary N) is 1. The van der Waals surface area contributed by atoms with E-state index in [0.29, 0.717) is 26.2 Å². The summed E-state index contributed by atoms with van der Waals surface area (Å²) in [5.74, 6) is 0.156. The van der Waals surface area contributed by atoms with Gasteiger partial charge in [-0.15, -0.1) is 12.4 Å². The number of anilines is 1. The van der Waals surface area contributed by atoms with Crippen LogP contribution in [0.5, 0.6) is 0 Å². The fourth-order valence-corrected chi connectivity index (χ4v) is 2.84. The number of benzene rings is 1. The van der Waals surface area contributed by atoms with E-state index in [4.69, 9.17) is 0 Å². The molecule has 1 N–H and O–H groups in total. The van der Waals surface area contributed by atoms with Crippen molar-refractivity contribution in [2.24, 2.45) is 0 Å². The number of carbonyl (C=O) groups excluding carboxylic acids is 2. The quantitative estimate of drug-likeness (QED) is 0.853. The Bertz CT molecular complexity index is 554. The van der Waals surface area contributed by atoms with Crippen LogP contribution >= 0.6 is 12.4 Å². The van der Waals surface area contributed by atoms with Gasteiger partial charge >= 0.3 is 0 Å². The Hall–Kier alpha value is -1.75. The molecule has 0 bridgehead atoms. The molecule has 114 valence electrons. The first kappa shape index (κ1) is 15.6. The third kappa shape index (κ3) is 3.13. The smallest absolute Gasteiger partial charge is 0.253 e. The Labute approximate surface area is 130 Å². The summed E-state index contributed by atoms with van der Waals surface area (Å²) >= 11 is 0. The lowest BCUT2D eigenvalue weighted by atomic mass is 10.1. The molecule has 1 saturated heterocycles. The molecule has 21 heavy (non-hydrogen) atoms. The molecule has 1 aromatic rings. The summed E-state index contributed by atoms with van der Waals surface area (Å²) in [5.41, 5.74) is 3.12. The first-order valence-electron chi connectivity index (χ1n) is 7.07. The van der Waals surface area contributed by atoms with E-state index in [2.05, 4.69) is 5.32 Å². The molecule has 6 heteroatoms. The molecule has 0 spiro atoms. The number of piperazine rings is 1. The van der Waals surface area contributed by atoms with E-state index in [1.807, 2.05) is 23.1 Å². The summed E-state index contributed by atoms with van der Waals surface area (Å²) < 4.78 is 0. The second-order valence-corrected chi connectivity index (χ2v) is 5.35. The van der Waals surface area contributed by atoms with Gasteiger partial charge in [-0.3, -0.25) is 9.59 Å². The van der Waals surface area contributed by atoms with Gasteiger partial charge in [0.25, 0.3) is 5.91 Å². The largest absolute Gasteiger partial charge is 0.384 e. The molecule has 0 saturated carbocycles. The van der Waals surface area contributed by atoms with Gasteiger partial charge in [0.2, 0.25) is 5.91 Å². The molecule has 2 aliphatic rings. The number of rotatable bonds is 1. The highest BCUT2D eigenvalue weighted by Crippen LogP contribution is 2.23. The highest BCUT2D eigenvalue weighted by molar-refractivity contribution is 5.95. The zero-order valence-corrected chi connectivity index (χ0v) is 12.9. The summed E-state index contributed by atoms with van der Waals surface area (Å²) in [6.07, 6.45) is 0.981. The SMILES string of the molecule is CC(=O)N1CCN(C(=O)c2ccc3c(c2)CCN3)CC1.Cl. The molecular weight excluding hydrogens is 290 g/mol. The van der Waals surface area contributed by atoms with Crippen LogP contribution in [0.3, 0.4) is 0 Å². The Morgan fingerprint density at radius 1 is 1.10 bits per heavy atom. The van der Waals surface area contributed by atoms with E-state index in [1.54, 1.807) is 11.8 Å². The molecule has 2 heterocycles. The molecule has 3 rings (SSSR count). The van der Waals surface area contributed by atoms with Crippen molar-refractivity contribution in [2.45, 2.75) is 13.3 Å². The number of halogens is 1. The van der Waals surface area contributed by atoms with Gasteiger partial charge in [-0.25, -0.2) is 0 Å². The van der Waals surface area contributed by atoms with E-state index in [1.165, 1.54) is 5.56 Å². The number of carbonyl (C=O) groups is 2. The Morgan fingerprint density at radius 3 is 2.43 bits per heavy atom. The second-order valence-electron chi connectivity index (χ2n) is 5.35. The maximum absolute atomic E-state index is 12.5. The normalized spacial score (nSPS) is 16.8. The number of nitrogens with zero attached hydrogens (tertiary/aromatic N) is 2. The lowest BCUT2D eigenvalue weighted by Gasteiger charge is -2.34. The minimum atomic E-state index is 0. The molecule has 1 aromatic carbocycles. The van der Waals surface area contributed by atoms with Crippen molar-refractivity contribution in [3.05, 3.63) is 29.3 Å². The van der Waals surface area contributed by atoms with Crippen LogP contribution in [0.2, 0.25) is 0 Å². The maximum Gasteiger partial charge on any atom is 0.253 e. The van der Waals surface area contributed by atoms with Crippen LogP contribution in [-0.2, 0) is 11.2 Å². The van der Waals surface area contributed by atoms with E-state index < -0.39 is 0 Å². The highest BCUT2D eigenvalue weighted by Gasteiger charge is 2.24. The van der Waals surface area contributed by atoms with Crippen molar-refractivity contribution in [1.82, 2.24) is 9.80 Å². The van der Waals surface area contributed by atoms with Crippen molar-refractivity contribution in [2.75, 3.05) is 38.0 Å². The number of amides is 2. The fourth-order valence-electron chi connectivity index (χ4n) is 2.84. The maximum atomic E-state index is 12.5. The lowest BCUT2D eigenvalue weighted by molar-refractivity contribution is -0.130. The third-order valence-corrected chi connectivity index (χ3v) is 4.07. The molecule has 1 fully saturated rings. The predicted molar refractivity (Wildman–Crippen MR) is 84.0 cm³/mol. The molecule has 5 nitrogen and oxygen atoms in total. The van der Waals surface area contributed by atoms with Gasteiger partial charge < -0.3 is 15.1 Å². The molecule has 2 aliphatic heterocycles. The summed E-state index contributed by atoms with van der Waals surface area (Å²) in [6.45, 7) is 5.03. The van der Waals surface area contributed by atoms with E-state index in [9.17, 15) is 9.59 Å². The minimum absolute atomic E-state index is 0. The Kier molecular flexibility index (Phi) is 4.73. The summed E-state index contributed by atoms with van der Waals surface area (Å²) in [4.78, 5) is 27.4. The average molecular weight is 310 g/mol. The number of hydrogen-bond donors (Lipinski definition) is 1. The van der Waals surface area contributed by atoms with Gasteiger partial charge in [-0.2, -0.15) is 0 Å². The van der Waals surface area contributed by atoms with Gasteiger partial charge in [-0.05, 0) is 30.2 Å². The van der Waals surface area contributed by atoms with Crippen LogP contribution in [0.15, 0.2) is 18.2 Å². The van der Waals surface area contributed by atoms with E-state index in [-0.39, 0.29) is 24.2 Å². The van der Waals surface area contributed by atoms with Crippen LogP contribution in [0.4, 0.5) is 5.69 Å². The van der Waals surface area contributed by atoms with Crippen LogP contribution in [0.1, 0.15) is 22.8 Å². The highest BCUT2D eigenvalue weighted by atomic mass is 35.5. The van der Waals surface area contributed by atoms with E-state index >= 15 is 0 Å². The second kappa shape index (κ2) is 6.35. The van der Waals surface area contributed by atoms with Gasteiger partial charge in [0.05, 0.1) is 0 Å². The van der Waals surface area contributed by atoms with Crippen LogP contribution in [0.25, 0.3) is 0 Å². The van der Waals surface area contributed by atoms with Gasteiger partial charge in [-0.1, -0.05) is 0 Å². The van der Waals surface area contributed by atoms with E-state index in [0.717, 1.165) is 24.2 Å². The van der Waals surface area contributed by atoms with Crippen LogP contribution < -0.4 is 5.32 Å². The van der Waals surface area contributed by atoms with Gasteiger partial charge in [0.1, 0.15) is 0 Å².